The molecule has 2 aromatic heterocycles. The monoisotopic (exact) mass is 285 g/mol. The largest absolute Gasteiger partial charge is 0.295 e. The Kier molecular flexibility index (Phi) is 2.53. The summed E-state index contributed by atoms with van der Waals surface area (Å²) in [6.07, 6.45) is 2.21. The van der Waals surface area contributed by atoms with E-state index in [4.69, 9.17) is 0 Å². The summed E-state index contributed by atoms with van der Waals surface area (Å²) in [6.45, 7) is 0.854. The number of rotatable bonds is 2. The number of benzene rings is 1. The highest BCUT2D eigenvalue weighted by Crippen LogP contribution is 2.30. The zero-order valence-corrected chi connectivity index (χ0v) is 11.7. The summed E-state index contributed by atoms with van der Waals surface area (Å²) in [7, 11) is 0. The minimum absolute atomic E-state index is 0.854. The Morgan fingerprint density at radius 3 is 2.95 bits per heavy atom. The summed E-state index contributed by atoms with van der Waals surface area (Å²) < 4.78 is 1.23. The molecule has 1 N–H and O–H groups in total. The van der Waals surface area contributed by atoms with Gasteiger partial charge in [0.2, 0.25) is 5.13 Å². The van der Waals surface area contributed by atoms with Crippen LogP contribution in [0.1, 0.15) is 4.88 Å². The molecule has 0 aliphatic carbocycles. The zero-order chi connectivity index (χ0) is 12.7. The molecule has 3 aromatic rings. The molecule has 0 fully saturated rings. The van der Waals surface area contributed by atoms with Crippen molar-refractivity contribution >= 4 is 43.7 Å². The molecule has 1 aromatic carbocycles. The summed E-state index contributed by atoms with van der Waals surface area (Å²) in [5.41, 5.74) is 5.66. The van der Waals surface area contributed by atoms with Crippen molar-refractivity contribution in [1.82, 2.24) is 10.4 Å². The van der Waals surface area contributed by atoms with E-state index in [0.29, 0.717) is 0 Å². The van der Waals surface area contributed by atoms with Crippen molar-refractivity contribution in [2.24, 2.45) is 0 Å². The second-order valence-electron chi connectivity index (χ2n) is 4.28. The van der Waals surface area contributed by atoms with Crippen molar-refractivity contribution in [2.75, 3.05) is 11.6 Å². The molecule has 1 aliphatic rings. The van der Waals surface area contributed by atoms with Crippen LogP contribution in [0.5, 0.6) is 0 Å². The molecule has 0 unspecified atom stereocenters. The van der Waals surface area contributed by atoms with Crippen LogP contribution in [-0.2, 0) is 0 Å². The van der Waals surface area contributed by atoms with Gasteiger partial charge in [-0.1, -0.05) is 29.5 Å². The number of nitrogens with one attached hydrogen (secondary N) is 1. The van der Waals surface area contributed by atoms with Crippen molar-refractivity contribution < 1.29 is 0 Å². The Morgan fingerprint density at radius 2 is 2.11 bits per heavy atom. The summed E-state index contributed by atoms with van der Waals surface area (Å²) in [5, 5.41) is 5.21. The second-order valence-corrected chi connectivity index (χ2v) is 6.24. The van der Waals surface area contributed by atoms with E-state index in [2.05, 4.69) is 57.2 Å². The number of hydrogen-bond acceptors (Lipinski definition) is 5. The SMILES string of the molecule is C1=C(c2cccs2)NN(c2nc3ccccc3s2)C1. The number of thiophene rings is 1. The standard InChI is InChI=1S/C14H11N3S2/c1-2-5-13-10(4-1)15-14(19-13)17-8-7-11(16-17)12-6-3-9-18-12/h1-7,9,16H,8H2. The van der Waals surface area contributed by atoms with Gasteiger partial charge < -0.3 is 0 Å². The van der Waals surface area contributed by atoms with Gasteiger partial charge in [0.25, 0.3) is 0 Å². The van der Waals surface area contributed by atoms with Crippen molar-refractivity contribution in [2.45, 2.75) is 0 Å². The third kappa shape index (κ3) is 1.91. The molecule has 5 heteroatoms. The first-order valence-electron chi connectivity index (χ1n) is 6.04. The van der Waals surface area contributed by atoms with E-state index in [1.165, 1.54) is 15.3 Å². The molecule has 0 saturated heterocycles. The smallest absolute Gasteiger partial charge is 0.205 e. The highest BCUT2D eigenvalue weighted by atomic mass is 32.1. The number of hydrogen-bond donors (Lipinski definition) is 1. The fourth-order valence-corrected chi connectivity index (χ4v) is 3.76. The van der Waals surface area contributed by atoms with Gasteiger partial charge >= 0.3 is 0 Å². The third-order valence-electron chi connectivity index (χ3n) is 3.03. The van der Waals surface area contributed by atoms with Crippen molar-refractivity contribution in [3.05, 3.63) is 52.7 Å². The maximum atomic E-state index is 4.66. The molecule has 3 heterocycles. The third-order valence-corrected chi connectivity index (χ3v) is 5.00. The lowest BCUT2D eigenvalue weighted by atomic mass is 10.3. The van der Waals surface area contributed by atoms with Crippen molar-refractivity contribution in [3.63, 3.8) is 0 Å². The maximum absolute atomic E-state index is 4.66. The van der Waals surface area contributed by atoms with Crippen LogP contribution in [0.2, 0.25) is 0 Å². The fourth-order valence-electron chi connectivity index (χ4n) is 2.11. The van der Waals surface area contributed by atoms with Gasteiger partial charge in [0.1, 0.15) is 0 Å². The van der Waals surface area contributed by atoms with E-state index >= 15 is 0 Å². The number of fused-ring (bicyclic) bond motifs is 1. The van der Waals surface area contributed by atoms with Gasteiger partial charge in [0.15, 0.2) is 0 Å². The van der Waals surface area contributed by atoms with Crippen molar-refractivity contribution in [1.29, 1.82) is 0 Å². The van der Waals surface area contributed by atoms with Crippen LogP contribution < -0.4 is 10.4 Å². The molecule has 0 atom stereocenters. The topological polar surface area (TPSA) is 28.2 Å². The zero-order valence-electron chi connectivity index (χ0n) is 10.0. The van der Waals surface area contributed by atoms with Crippen LogP contribution in [-0.4, -0.2) is 11.5 Å². The summed E-state index contributed by atoms with van der Waals surface area (Å²) in [6, 6.07) is 12.4. The quantitative estimate of drug-likeness (QED) is 0.777. The molecule has 3 nitrogen and oxygen atoms in total. The summed E-state index contributed by atoms with van der Waals surface area (Å²) >= 11 is 3.46. The molecule has 19 heavy (non-hydrogen) atoms. The molecule has 94 valence electrons. The van der Waals surface area contributed by atoms with Gasteiger partial charge in [0.05, 0.1) is 27.3 Å². The first kappa shape index (κ1) is 11.0. The van der Waals surface area contributed by atoms with E-state index in [9.17, 15) is 0 Å². The number of anilines is 1. The van der Waals surface area contributed by atoms with Gasteiger partial charge in [-0.3, -0.25) is 10.4 Å². The van der Waals surface area contributed by atoms with E-state index in [1.54, 1.807) is 22.7 Å². The van der Waals surface area contributed by atoms with Crippen LogP contribution in [0.15, 0.2) is 47.9 Å². The fraction of sp³-hybridized carbons (Fsp3) is 0.0714. The molecular weight excluding hydrogens is 274 g/mol. The summed E-state index contributed by atoms with van der Waals surface area (Å²) in [5.74, 6) is 0. The van der Waals surface area contributed by atoms with E-state index in [-0.39, 0.29) is 0 Å². The highest BCUT2D eigenvalue weighted by Gasteiger charge is 2.18. The van der Waals surface area contributed by atoms with Crippen LogP contribution in [0.25, 0.3) is 15.9 Å². The first-order valence-corrected chi connectivity index (χ1v) is 7.73. The number of nitrogens with zero attached hydrogens (tertiary/aromatic N) is 2. The van der Waals surface area contributed by atoms with E-state index in [1.807, 2.05) is 6.07 Å². The predicted molar refractivity (Wildman–Crippen MR) is 82.4 cm³/mol. The van der Waals surface area contributed by atoms with Gasteiger partial charge in [0, 0.05) is 0 Å². The molecule has 0 amide bonds. The van der Waals surface area contributed by atoms with Crippen molar-refractivity contribution in [3.8, 4) is 0 Å². The molecule has 0 saturated carbocycles. The molecule has 0 radical (unpaired) electrons. The maximum Gasteiger partial charge on any atom is 0.205 e. The second kappa shape index (κ2) is 4.36. The lowest BCUT2D eigenvalue weighted by Crippen LogP contribution is -2.31. The van der Waals surface area contributed by atoms with Crippen LogP contribution in [0.4, 0.5) is 5.13 Å². The average Bonchev–Trinajstić information content (AvgIpc) is 3.17. The number of para-hydroxylation sites is 1. The first-order chi connectivity index (χ1) is 9.40. The minimum atomic E-state index is 0.854. The lowest BCUT2D eigenvalue weighted by molar-refractivity contribution is 0.849. The predicted octanol–water partition coefficient (Wildman–Crippen LogP) is 3.72. The number of thiazole rings is 1. The molecule has 0 bridgehead atoms. The van der Waals surface area contributed by atoms with Gasteiger partial charge in [-0.05, 0) is 29.7 Å². The minimum Gasteiger partial charge on any atom is -0.295 e. The van der Waals surface area contributed by atoms with Crippen LogP contribution in [0, 0.1) is 0 Å². The Morgan fingerprint density at radius 1 is 1.16 bits per heavy atom. The van der Waals surface area contributed by atoms with E-state index in [0.717, 1.165) is 17.2 Å². The molecule has 1 aliphatic heterocycles. The molecule has 0 spiro atoms. The van der Waals surface area contributed by atoms with Gasteiger partial charge in [-0.2, -0.15) is 0 Å². The Balaban J connectivity index is 1.62. The lowest BCUT2D eigenvalue weighted by Gasteiger charge is -2.16. The summed E-state index contributed by atoms with van der Waals surface area (Å²) in [4.78, 5) is 5.93. The van der Waals surface area contributed by atoms with Gasteiger partial charge in [-0.15, -0.1) is 11.3 Å². The highest BCUT2D eigenvalue weighted by molar-refractivity contribution is 7.22. The normalized spacial score (nSPS) is 14.7. The molecular formula is C14H11N3S2. The van der Waals surface area contributed by atoms with Gasteiger partial charge in [-0.25, -0.2) is 4.98 Å². The van der Waals surface area contributed by atoms with Crippen LogP contribution in [0.3, 0.4) is 0 Å². The average molecular weight is 285 g/mol. The number of hydrazine groups is 1. The molecule has 4 rings (SSSR count). The number of aromatic nitrogens is 1. The Labute approximate surface area is 118 Å². The van der Waals surface area contributed by atoms with Crippen LogP contribution >= 0.6 is 22.7 Å². The van der Waals surface area contributed by atoms with E-state index < -0.39 is 0 Å². The Bertz CT molecular complexity index is 710. The Hall–Kier alpha value is -1.85.